The van der Waals surface area contributed by atoms with Crippen LogP contribution >= 0.6 is 0 Å². The Labute approximate surface area is 139 Å². The van der Waals surface area contributed by atoms with Gasteiger partial charge in [-0.05, 0) is 50.1 Å². The molecular weight excluding hydrogens is 312 g/mol. The number of aliphatic imine (C=N–C) groups is 1. The van der Waals surface area contributed by atoms with Crippen LogP contribution in [-0.2, 0) is 0 Å². The number of halogens is 2. The molecule has 0 amide bonds. The van der Waals surface area contributed by atoms with Crippen molar-refractivity contribution in [1.29, 1.82) is 0 Å². The van der Waals surface area contributed by atoms with Gasteiger partial charge in [-0.3, -0.25) is 4.99 Å². The maximum absolute atomic E-state index is 14.1. The predicted molar refractivity (Wildman–Crippen MR) is 89.9 cm³/mol. The Morgan fingerprint density at radius 2 is 1.92 bits per heavy atom. The fraction of sp³-hybridized carbons (Fsp3) is 0.263. The minimum absolute atomic E-state index is 0.0371. The van der Waals surface area contributed by atoms with Crippen LogP contribution in [0.15, 0.2) is 41.4 Å². The van der Waals surface area contributed by atoms with Crippen LogP contribution in [0.5, 0.6) is 0 Å². The Morgan fingerprint density at radius 3 is 2.50 bits per heavy atom. The van der Waals surface area contributed by atoms with E-state index in [1.807, 2.05) is 13.8 Å². The second-order valence-corrected chi connectivity index (χ2v) is 5.70. The second kappa shape index (κ2) is 7.34. The zero-order valence-corrected chi connectivity index (χ0v) is 13.8. The zero-order valence-electron chi connectivity index (χ0n) is 13.8. The van der Waals surface area contributed by atoms with E-state index in [0.717, 1.165) is 12.5 Å². The van der Waals surface area contributed by atoms with E-state index in [0.29, 0.717) is 22.4 Å². The summed E-state index contributed by atoms with van der Waals surface area (Å²) in [6.45, 7) is 5.57. The molecule has 24 heavy (non-hydrogen) atoms. The lowest BCUT2D eigenvalue weighted by molar-refractivity contribution is 0.0691. The Morgan fingerprint density at radius 1 is 1.21 bits per heavy atom. The van der Waals surface area contributed by atoms with Crippen molar-refractivity contribution in [1.82, 2.24) is 0 Å². The van der Waals surface area contributed by atoms with Gasteiger partial charge >= 0.3 is 5.97 Å². The molecule has 0 spiro atoms. The summed E-state index contributed by atoms with van der Waals surface area (Å²) in [7, 11) is 0. The monoisotopic (exact) mass is 331 g/mol. The normalized spacial score (nSPS) is 13.0. The highest BCUT2D eigenvalue weighted by Gasteiger charge is 2.18. The van der Waals surface area contributed by atoms with E-state index in [9.17, 15) is 13.6 Å². The number of benzene rings is 2. The Balaban J connectivity index is 2.67. The minimum atomic E-state index is -1.33. The van der Waals surface area contributed by atoms with Gasteiger partial charge in [0.1, 0.15) is 11.6 Å². The first kappa shape index (κ1) is 17.8. The average molecular weight is 331 g/mol. The number of carboxylic acid groups (broad SMARTS) is 1. The van der Waals surface area contributed by atoms with Crippen LogP contribution in [0.25, 0.3) is 0 Å². The summed E-state index contributed by atoms with van der Waals surface area (Å²) >= 11 is 0. The predicted octanol–water partition coefficient (Wildman–Crippen LogP) is 4.61. The maximum atomic E-state index is 14.1. The van der Waals surface area contributed by atoms with E-state index >= 15 is 0 Å². The Bertz CT molecular complexity index is 800. The average Bonchev–Trinajstić information content (AvgIpc) is 2.54. The summed E-state index contributed by atoms with van der Waals surface area (Å²) < 4.78 is 27.8. The van der Waals surface area contributed by atoms with Crippen molar-refractivity contribution in [2.75, 3.05) is 0 Å². The molecule has 0 heterocycles. The molecule has 0 aliphatic heterocycles. The standard InChI is InChI=1S/C19H19F2NO2/c1-4-12(3)22-18(13-6-5-7-14(20)9-13)15-10-17(21)16(19(23)24)8-11(15)2/h5-10,12H,4H2,1-3H3,(H,23,24). The summed E-state index contributed by atoms with van der Waals surface area (Å²) in [4.78, 5) is 15.7. The van der Waals surface area contributed by atoms with Crippen molar-refractivity contribution >= 4 is 11.7 Å². The summed E-state index contributed by atoms with van der Waals surface area (Å²) in [5, 5.41) is 9.04. The minimum Gasteiger partial charge on any atom is -0.478 e. The summed E-state index contributed by atoms with van der Waals surface area (Å²) in [5.41, 5.74) is 1.62. The van der Waals surface area contributed by atoms with Gasteiger partial charge in [-0.1, -0.05) is 19.1 Å². The van der Waals surface area contributed by atoms with Gasteiger partial charge in [-0.15, -0.1) is 0 Å². The summed E-state index contributed by atoms with van der Waals surface area (Å²) in [5.74, 6) is -2.57. The molecular formula is C19H19F2NO2. The van der Waals surface area contributed by atoms with Crippen molar-refractivity contribution in [3.63, 3.8) is 0 Å². The summed E-state index contributed by atoms with van der Waals surface area (Å²) in [6, 6.07) is 8.32. The van der Waals surface area contributed by atoms with Crippen molar-refractivity contribution in [3.8, 4) is 0 Å². The molecule has 2 rings (SSSR count). The number of hydrogen-bond donors (Lipinski definition) is 1. The number of nitrogens with zero attached hydrogens (tertiary/aromatic N) is 1. The number of rotatable bonds is 5. The largest absolute Gasteiger partial charge is 0.478 e. The second-order valence-electron chi connectivity index (χ2n) is 5.70. The lowest BCUT2D eigenvalue weighted by Crippen LogP contribution is -2.12. The van der Waals surface area contributed by atoms with Crippen LogP contribution in [0.3, 0.4) is 0 Å². The number of hydrogen-bond acceptors (Lipinski definition) is 2. The first-order valence-electron chi connectivity index (χ1n) is 7.71. The smallest absolute Gasteiger partial charge is 0.338 e. The van der Waals surface area contributed by atoms with Gasteiger partial charge in [-0.2, -0.15) is 0 Å². The van der Waals surface area contributed by atoms with Crippen LogP contribution in [0.1, 0.15) is 47.3 Å². The molecule has 5 heteroatoms. The molecule has 0 radical (unpaired) electrons. The molecule has 0 bridgehead atoms. The van der Waals surface area contributed by atoms with Gasteiger partial charge in [0.15, 0.2) is 0 Å². The third-order valence-corrected chi connectivity index (χ3v) is 3.84. The molecule has 1 unspecified atom stereocenters. The highest BCUT2D eigenvalue weighted by molar-refractivity contribution is 6.14. The fourth-order valence-corrected chi connectivity index (χ4v) is 2.35. The van der Waals surface area contributed by atoms with Crippen LogP contribution in [-0.4, -0.2) is 22.8 Å². The highest BCUT2D eigenvalue weighted by atomic mass is 19.1. The van der Waals surface area contributed by atoms with Crippen LogP contribution < -0.4 is 0 Å². The van der Waals surface area contributed by atoms with Crippen LogP contribution in [0.2, 0.25) is 0 Å². The third kappa shape index (κ3) is 3.85. The molecule has 126 valence electrons. The lowest BCUT2D eigenvalue weighted by Gasteiger charge is -2.14. The van der Waals surface area contributed by atoms with E-state index in [-0.39, 0.29) is 6.04 Å². The topological polar surface area (TPSA) is 49.7 Å². The molecule has 1 atom stereocenters. The Kier molecular flexibility index (Phi) is 5.44. The first-order chi connectivity index (χ1) is 11.3. The molecule has 0 aromatic heterocycles. The van der Waals surface area contributed by atoms with Crippen LogP contribution in [0, 0.1) is 18.6 Å². The van der Waals surface area contributed by atoms with E-state index in [2.05, 4.69) is 4.99 Å². The molecule has 0 saturated carbocycles. The van der Waals surface area contributed by atoms with E-state index in [1.54, 1.807) is 19.1 Å². The molecule has 3 nitrogen and oxygen atoms in total. The number of aromatic carboxylic acids is 1. The van der Waals surface area contributed by atoms with Gasteiger partial charge in [0, 0.05) is 17.2 Å². The molecule has 2 aromatic carbocycles. The van der Waals surface area contributed by atoms with Crippen molar-refractivity contribution in [3.05, 3.63) is 70.3 Å². The highest BCUT2D eigenvalue weighted by Crippen LogP contribution is 2.21. The van der Waals surface area contributed by atoms with Gasteiger partial charge in [0.25, 0.3) is 0 Å². The fourth-order valence-electron chi connectivity index (χ4n) is 2.35. The number of aryl methyl sites for hydroxylation is 1. The number of carbonyl (C=O) groups is 1. The summed E-state index contributed by atoms with van der Waals surface area (Å²) in [6.07, 6.45) is 0.771. The Hall–Kier alpha value is -2.56. The van der Waals surface area contributed by atoms with Crippen molar-refractivity contribution in [2.45, 2.75) is 33.2 Å². The first-order valence-corrected chi connectivity index (χ1v) is 7.71. The molecule has 0 aliphatic rings. The van der Waals surface area contributed by atoms with Crippen molar-refractivity contribution in [2.24, 2.45) is 4.99 Å². The lowest BCUT2D eigenvalue weighted by atomic mass is 9.95. The van der Waals surface area contributed by atoms with E-state index in [4.69, 9.17) is 5.11 Å². The van der Waals surface area contributed by atoms with Gasteiger partial charge in [0.2, 0.25) is 0 Å². The maximum Gasteiger partial charge on any atom is 0.338 e. The van der Waals surface area contributed by atoms with Gasteiger partial charge in [0.05, 0.1) is 11.3 Å². The third-order valence-electron chi connectivity index (χ3n) is 3.84. The zero-order chi connectivity index (χ0) is 17.9. The molecule has 2 aromatic rings. The molecule has 0 fully saturated rings. The van der Waals surface area contributed by atoms with E-state index < -0.39 is 23.2 Å². The quantitative estimate of drug-likeness (QED) is 0.814. The van der Waals surface area contributed by atoms with Gasteiger partial charge < -0.3 is 5.11 Å². The van der Waals surface area contributed by atoms with Crippen molar-refractivity contribution < 1.29 is 18.7 Å². The molecule has 0 aliphatic carbocycles. The molecule has 1 N–H and O–H groups in total. The van der Waals surface area contributed by atoms with Gasteiger partial charge in [-0.25, -0.2) is 13.6 Å². The number of carboxylic acids is 1. The molecule has 0 saturated heterocycles. The van der Waals surface area contributed by atoms with E-state index in [1.165, 1.54) is 18.2 Å². The SMILES string of the molecule is CCC(C)N=C(c1cccc(F)c1)c1cc(F)c(C(=O)O)cc1C. The van der Waals surface area contributed by atoms with Crippen LogP contribution in [0.4, 0.5) is 8.78 Å².